The van der Waals surface area contributed by atoms with E-state index in [1.165, 1.54) is 6.08 Å². The average molecular weight is 581 g/mol. The van der Waals surface area contributed by atoms with E-state index in [0.29, 0.717) is 69.6 Å². The largest absolute Gasteiger partial charge is 0.457 e. The first-order valence-electron chi connectivity index (χ1n) is 12.3. The smallest absolute Gasteiger partial charge is 0.253 e. The zero-order valence-corrected chi connectivity index (χ0v) is 23.0. The lowest BCUT2D eigenvalue weighted by Crippen LogP contribution is -2.49. The van der Waals surface area contributed by atoms with Crippen LogP contribution in [0.5, 0.6) is 0 Å². The number of nitrogens with one attached hydrogen (secondary N) is 1. The molecule has 6 nitrogen and oxygen atoms in total. The van der Waals surface area contributed by atoms with Crippen LogP contribution in [-0.4, -0.2) is 42.9 Å². The minimum atomic E-state index is -0.294. The number of anilines is 2. The van der Waals surface area contributed by atoms with Crippen LogP contribution in [0.15, 0.2) is 89.4 Å². The lowest BCUT2D eigenvalue weighted by molar-refractivity contribution is -0.111. The number of furan rings is 1. The van der Waals surface area contributed by atoms with Crippen molar-refractivity contribution in [1.29, 1.82) is 0 Å². The van der Waals surface area contributed by atoms with Crippen molar-refractivity contribution in [3.63, 3.8) is 0 Å². The zero-order chi connectivity index (χ0) is 27.4. The third-order valence-electron chi connectivity index (χ3n) is 6.40. The first-order chi connectivity index (χ1) is 18.9. The summed E-state index contributed by atoms with van der Waals surface area (Å²) in [7, 11) is 0. The van der Waals surface area contributed by atoms with Gasteiger partial charge >= 0.3 is 0 Å². The van der Waals surface area contributed by atoms with E-state index in [-0.39, 0.29) is 11.8 Å². The molecule has 2 heterocycles. The number of hydrogen-bond donors (Lipinski definition) is 1. The van der Waals surface area contributed by atoms with Crippen LogP contribution in [0.25, 0.3) is 17.4 Å². The summed E-state index contributed by atoms with van der Waals surface area (Å²) in [5.74, 6) is 0.752. The molecule has 0 atom stereocenters. The summed E-state index contributed by atoms with van der Waals surface area (Å²) in [4.78, 5) is 29.6. The number of carbonyl (C=O) groups excluding carboxylic acids is 2. The van der Waals surface area contributed by atoms with Crippen molar-refractivity contribution in [2.45, 2.75) is 0 Å². The summed E-state index contributed by atoms with van der Waals surface area (Å²) in [5, 5.41) is 4.41. The highest BCUT2D eigenvalue weighted by atomic mass is 35.5. The summed E-state index contributed by atoms with van der Waals surface area (Å²) >= 11 is 18.3. The molecule has 1 N–H and O–H groups in total. The maximum absolute atomic E-state index is 12.8. The van der Waals surface area contributed by atoms with Gasteiger partial charge < -0.3 is 19.5 Å². The highest BCUT2D eigenvalue weighted by molar-refractivity contribution is 6.43. The Morgan fingerprint density at radius 2 is 1.56 bits per heavy atom. The monoisotopic (exact) mass is 579 g/mol. The number of hydrogen-bond acceptors (Lipinski definition) is 4. The van der Waals surface area contributed by atoms with E-state index < -0.39 is 0 Å². The molecule has 5 rings (SSSR count). The molecule has 0 unspecified atom stereocenters. The van der Waals surface area contributed by atoms with Crippen molar-refractivity contribution in [3.05, 3.63) is 111 Å². The Morgan fingerprint density at radius 3 is 2.33 bits per heavy atom. The number of carbonyl (C=O) groups is 2. The van der Waals surface area contributed by atoms with Gasteiger partial charge in [-0.25, -0.2) is 0 Å². The number of halogens is 3. The summed E-state index contributed by atoms with van der Waals surface area (Å²) in [6.07, 6.45) is 3.02. The Hall–Kier alpha value is -3.71. The molecule has 1 saturated heterocycles. The van der Waals surface area contributed by atoms with Crippen molar-refractivity contribution in [3.8, 4) is 11.3 Å². The van der Waals surface area contributed by atoms with Crippen LogP contribution in [0.2, 0.25) is 15.1 Å². The van der Waals surface area contributed by atoms with Crippen LogP contribution in [0.3, 0.4) is 0 Å². The molecule has 2 amide bonds. The van der Waals surface area contributed by atoms with Crippen molar-refractivity contribution in [1.82, 2.24) is 4.90 Å². The van der Waals surface area contributed by atoms with E-state index in [2.05, 4.69) is 10.2 Å². The van der Waals surface area contributed by atoms with Gasteiger partial charge in [0.15, 0.2) is 0 Å². The quantitative estimate of drug-likeness (QED) is 0.240. The average Bonchev–Trinajstić information content (AvgIpc) is 3.43. The van der Waals surface area contributed by atoms with Gasteiger partial charge in [-0.15, -0.1) is 0 Å². The van der Waals surface area contributed by atoms with Gasteiger partial charge in [0.05, 0.1) is 21.4 Å². The summed E-state index contributed by atoms with van der Waals surface area (Å²) in [6.45, 7) is 2.43. The molecule has 198 valence electrons. The molecular formula is C30H24Cl3N3O3. The van der Waals surface area contributed by atoms with Crippen molar-refractivity contribution >= 4 is 64.1 Å². The standard InChI is InChI=1S/C30H24Cl3N3O3/c31-21-10-8-20(9-11-21)30(38)36-18-16-35(17-19-36)26-7-2-1-6-25(26)34-28(37)15-13-22-12-14-27(39-22)23-4-3-5-24(32)29(23)33/h1-15H,16-19H2,(H,34,37). The molecule has 0 bridgehead atoms. The van der Waals surface area contributed by atoms with E-state index in [9.17, 15) is 9.59 Å². The molecule has 3 aromatic carbocycles. The van der Waals surface area contributed by atoms with Gasteiger partial charge in [0.2, 0.25) is 5.91 Å². The van der Waals surface area contributed by atoms with Crippen molar-refractivity contribution < 1.29 is 14.0 Å². The first kappa shape index (κ1) is 26.9. The van der Waals surface area contributed by atoms with Gasteiger partial charge in [0.1, 0.15) is 11.5 Å². The zero-order valence-electron chi connectivity index (χ0n) is 20.7. The van der Waals surface area contributed by atoms with Gasteiger partial charge in [-0.3, -0.25) is 9.59 Å². The number of para-hydroxylation sites is 2. The fourth-order valence-corrected chi connectivity index (χ4v) is 4.91. The maximum atomic E-state index is 12.8. The molecule has 0 spiro atoms. The second-order valence-electron chi connectivity index (χ2n) is 8.93. The van der Waals surface area contributed by atoms with Crippen LogP contribution < -0.4 is 10.2 Å². The second kappa shape index (κ2) is 12.0. The Balaban J connectivity index is 1.21. The van der Waals surface area contributed by atoms with E-state index in [0.717, 1.165) is 5.69 Å². The summed E-state index contributed by atoms with van der Waals surface area (Å²) in [6, 6.07) is 23.4. The molecule has 1 aromatic heterocycles. The number of benzene rings is 3. The lowest BCUT2D eigenvalue weighted by atomic mass is 10.1. The van der Waals surface area contributed by atoms with Gasteiger partial charge in [0.25, 0.3) is 5.91 Å². The Bertz CT molecular complexity index is 1520. The first-order valence-corrected chi connectivity index (χ1v) is 13.4. The van der Waals surface area contributed by atoms with Gasteiger partial charge in [0, 0.05) is 48.4 Å². The minimum absolute atomic E-state index is 0.0169. The van der Waals surface area contributed by atoms with E-state index >= 15 is 0 Å². The molecule has 0 aliphatic carbocycles. The molecule has 4 aromatic rings. The summed E-state index contributed by atoms with van der Waals surface area (Å²) < 4.78 is 5.84. The topological polar surface area (TPSA) is 65.8 Å². The normalized spacial score (nSPS) is 13.6. The van der Waals surface area contributed by atoms with Gasteiger partial charge in [-0.2, -0.15) is 0 Å². The number of rotatable bonds is 6. The maximum Gasteiger partial charge on any atom is 0.253 e. The molecule has 0 saturated carbocycles. The predicted octanol–water partition coefficient (Wildman–Crippen LogP) is 7.52. The second-order valence-corrected chi connectivity index (χ2v) is 10.2. The third-order valence-corrected chi connectivity index (χ3v) is 7.47. The predicted molar refractivity (Wildman–Crippen MR) is 158 cm³/mol. The molecule has 1 aliphatic rings. The van der Waals surface area contributed by atoms with Crippen LogP contribution in [-0.2, 0) is 4.79 Å². The molecular weight excluding hydrogens is 557 g/mol. The van der Waals surface area contributed by atoms with Crippen LogP contribution in [0.1, 0.15) is 16.1 Å². The van der Waals surface area contributed by atoms with Crippen LogP contribution in [0.4, 0.5) is 11.4 Å². The molecule has 0 radical (unpaired) electrons. The lowest BCUT2D eigenvalue weighted by Gasteiger charge is -2.37. The van der Waals surface area contributed by atoms with Crippen LogP contribution in [0, 0.1) is 0 Å². The highest BCUT2D eigenvalue weighted by Crippen LogP contribution is 2.34. The number of amides is 2. The van der Waals surface area contributed by atoms with Crippen molar-refractivity contribution in [2.75, 3.05) is 36.4 Å². The highest BCUT2D eigenvalue weighted by Gasteiger charge is 2.23. The Labute approximate surface area is 241 Å². The molecule has 1 aliphatic heterocycles. The molecule has 9 heteroatoms. The summed E-state index contributed by atoms with van der Waals surface area (Å²) in [5.41, 5.74) is 2.88. The minimum Gasteiger partial charge on any atom is -0.457 e. The SMILES string of the molecule is O=C(C=Cc1ccc(-c2cccc(Cl)c2Cl)o1)Nc1ccccc1N1CCN(C(=O)c2ccc(Cl)cc2)CC1. The fourth-order valence-electron chi connectivity index (χ4n) is 4.39. The van der Waals surface area contributed by atoms with Gasteiger partial charge in [-0.05, 0) is 66.7 Å². The molecule has 39 heavy (non-hydrogen) atoms. The Kier molecular flexibility index (Phi) is 8.27. The van der Waals surface area contributed by atoms with Gasteiger partial charge in [-0.1, -0.05) is 53.0 Å². The van der Waals surface area contributed by atoms with E-state index in [1.54, 1.807) is 54.6 Å². The number of piperazine rings is 1. The van der Waals surface area contributed by atoms with E-state index in [1.807, 2.05) is 35.2 Å². The van der Waals surface area contributed by atoms with Crippen LogP contribution >= 0.6 is 34.8 Å². The number of nitrogens with zero attached hydrogens (tertiary/aromatic N) is 2. The third kappa shape index (κ3) is 6.31. The van der Waals surface area contributed by atoms with E-state index in [4.69, 9.17) is 39.2 Å². The molecule has 1 fully saturated rings. The fraction of sp³-hybridized carbons (Fsp3) is 0.133. The van der Waals surface area contributed by atoms with Crippen molar-refractivity contribution in [2.24, 2.45) is 0 Å². The Morgan fingerprint density at radius 1 is 0.821 bits per heavy atom.